The van der Waals surface area contributed by atoms with Crippen molar-refractivity contribution in [3.05, 3.63) is 45.5 Å². The second-order valence-corrected chi connectivity index (χ2v) is 8.48. The third-order valence-corrected chi connectivity index (χ3v) is 5.76. The van der Waals surface area contributed by atoms with Crippen LogP contribution in [0.2, 0.25) is 0 Å². The van der Waals surface area contributed by atoms with Crippen LogP contribution in [0, 0.1) is 13.8 Å². The summed E-state index contributed by atoms with van der Waals surface area (Å²) in [6.07, 6.45) is 6.48. The van der Waals surface area contributed by atoms with Gasteiger partial charge in [-0.2, -0.15) is 5.10 Å². The van der Waals surface area contributed by atoms with E-state index < -0.39 is 10.1 Å². The molecule has 136 valence electrons. The Morgan fingerprint density at radius 1 is 1.36 bits per heavy atom. The Bertz CT molecular complexity index is 927. The molecule has 0 amide bonds. The fourth-order valence-corrected chi connectivity index (χ4v) is 3.70. The summed E-state index contributed by atoms with van der Waals surface area (Å²) in [5.74, 6) is -0.315. The SMILES string of the molecule is Cc1sc(=NN=Cc2ccc[n+](CCCCS(=O)(=O)[O-])c2)n(C)c1C. The molecule has 7 nitrogen and oxygen atoms in total. The van der Waals surface area contributed by atoms with Crippen LogP contribution in [0.15, 0.2) is 34.7 Å². The standard InChI is InChI=1S/C16H22N4O3S2/c1-13-14(2)24-16(19(13)3)18-17-11-15-7-6-9-20(12-15)8-4-5-10-25(21,22)23/h6-7,9,11-12H,4-5,8,10H2,1-3H3. The summed E-state index contributed by atoms with van der Waals surface area (Å²) in [4.78, 5) is 2.06. The van der Waals surface area contributed by atoms with Crippen LogP contribution in [-0.2, 0) is 23.7 Å². The monoisotopic (exact) mass is 382 g/mol. The molecule has 2 heterocycles. The zero-order valence-electron chi connectivity index (χ0n) is 14.5. The zero-order chi connectivity index (χ0) is 18.4. The number of rotatable bonds is 7. The second-order valence-electron chi connectivity index (χ2n) is 5.77. The van der Waals surface area contributed by atoms with Crippen LogP contribution in [0.4, 0.5) is 0 Å². The first kappa shape index (κ1) is 19.5. The van der Waals surface area contributed by atoms with Gasteiger partial charge in [-0.1, -0.05) is 0 Å². The van der Waals surface area contributed by atoms with Crippen molar-refractivity contribution in [2.75, 3.05) is 5.75 Å². The van der Waals surface area contributed by atoms with Gasteiger partial charge in [0.2, 0.25) is 4.80 Å². The molecule has 0 fully saturated rings. The van der Waals surface area contributed by atoms with Crippen molar-refractivity contribution >= 4 is 27.7 Å². The average molecular weight is 383 g/mol. The summed E-state index contributed by atoms with van der Waals surface area (Å²) in [5, 5.41) is 8.41. The van der Waals surface area contributed by atoms with Gasteiger partial charge in [0, 0.05) is 35.9 Å². The van der Waals surface area contributed by atoms with E-state index in [0.717, 1.165) is 10.4 Å². The highest BCUT2D eigenvalue weighted by Gasteiger charge is 2.03. The molecule has 0 atom stereocenters. The van der Waals surface area contributed by atoms with Gasteiger partial charge in [0.1, 0.15) is 6.54 Å². The normalized spacial score (nSPS) is 13.0. The van der Waals surface area contributed by atoms with Crippen molar-refractivity contribution in [3.8, 4) is 0 Å². The van der Waals surface area contributed by atoms with E-state index in [1.165, 1.54) is 10.6 Å². The quantitative estimate of drug-likeness (QED) is 0.237. The lowest BCUT2D eigenvalue weighted by Gasteiger charge is -2.04. The average Bonchev–Trinajstić information content (AvgIpc) is 2.78. The van der Waals surface area contributed by atoms with Gasteiger partial charge < -0.3 is 9.12 Å². The maximum Gasteiger partial charge on any atom is 0.210 e. The maximum atomic E-state index is 10.6. The largest absolute Gasteiger partial charge is 0.748 e. The summed E-state index contributed by atoms with van der Waals surface area (Å²) in [6.45, 7) is 4.75. The lowest BCUT2D eigenvalue weighted by Crippen LogP contribution is -2.33. The molecule has 25 heavy (non-hydrogen) atoms. The maximum absolute atomic E-state index is 10.6. The second kappa shape index (κ2) is 8.50. The van der Waals surface area contributed by atoms with E-state index in [1.807, 2.05) is 47.6 Å². The molecule has 9 heteroatoms. The molecule has 0 aromatic carbocycles. The molecular formula is C16H22N4O3S2. The molecule has 0 aliphatic heterocycles. The van der Waals surface area contributed by atoms with E-state index >= 15 is 0 Å². The molecule has 0 aliphatic carbocycles. The third kappa shape index (κ3) is 6.18. The molecule has 0 radical (unpaired) electrons. The van der Waals surface area contributed by atoms with Crippen LogP contribution in [-0.4, -0.2) is 29.5 Å². The molecule has 0 N–H and O–H groups in total. The third-order valence-electron chi connectivity index (χ3n) is 3.84. The Morgan fingerprint density at radius 3 is 2.76 bits per heavy atom. The van der Waals surface area contributed by atoms with Crippen molar-refractivity contribution in [1.82, 2.24) is 4.57 Å². The molecule has 0 bridgehead atoms. The molecule has 2 aromatic heterocycles. The number of pyridine rings is 1. The minimum atomic E-state index is -4.12. The molecule has 0 unspecified atom stereocenters. The van der Waals surface area contributed by atoms with Gasteiger partial charge in [-0.05, 0) is 26.3 Å². The van der Waals surface area contributed by atoms with Crippen molar-refractivity contribution < 1.29 is 17.5 Å². The number of hydrogen-bond donors (Lipinski definition) is 0. The number of nitrogens with zero attached hydrogens (tertiary/aromatic N) is 4. The smallest absolute Gasteiger partial charge is 0.210 e. The first-order valence-corrected chi connectivity index (χ1v) is 10.3. The van der Waals surface area contributed by atoms with Gasteiger partial charge in [0.25, 0.3) is 0 Å². The Kier molecular flexibility index (Phi) is 6.63. The van der Waals surface area contributed by atoms with Gasteiger partial charge in [-0.15, -0.1) is 16.4 Å². The van der Waals surface area contributed by atoms with E-state index in [-0.39, 0.29) is 5.75 Å². The first-order chi connectivity index (χ1) is 11.8. The van der Waals surface area contributed by atoms with E-state index in [1.54, 1.807) is 17.6 Å². The van der Waals surface area contributed by atoms with Gasteiger partial charge in [-0.3, -0.25) is 0 Å². The number of thiazole rings is 1. The Balaban J connectivity index is 2.00. The van der Waals surface area contributed by atoms with Crippen molar-refractivity contribution in [2.45, 2.75) is 33.2 Å². The number of aryl methyl sites for hydroxylation is 2. The van der Waals surface area contributed by atoms with E-state index in [0.29, 0.717) is 19.4 Å². The lowest BCUT2D eigenvalue weighted by atomic mass is 10.3. The van der Waals surface area contributed by atoms with Gasteiger partial charge in [-0.25, -0.2) is 13.0 Å². The van der Waals surface area contributed by atoms with Crippen LogP contribution in [0.5, 0.6) is 0 Å². The molecule has 0 spiro atoms. The highest BCUT2D eigenvalue weighted by Crippen LogP contribution is 2.07. The summed E-state index contributed by atoms with van der Waals surface area (Å²) in [6, 6.07) is 3.81. The fourth-order valence-electron chi connectivity index (χ4n) is 2.22. The molecule has 2 rings (SSSR count). The lowest BCUT2D eigenvalue weighted by molar-refractivity contribution is -0.697. The van der Waals surface area contributed by atoms with Crippen LogP contribution < -0.4 is 9.37 Å². The van der Waals surface area contributed by atoms with Crippen molar-refractivity contribution in [1.29, 1.82) is 0 Å². The molecule has 2 aromatic rings. The number of aromatic nitrogens is 2. The van der Waals surface area contributed by atoms with Crippen molar-refractivity contribution in [3.63, 3.8) is 0 Å². The Hall–Kier alpha value is -1.84. The Morgan fingerprint density at radius 2 is 2.12 bits per heavy atom. The van der Waals surface area contributed by atoms with Crippen LogP contribution >= 0.6 is 11.3 Å². The molecule has 0 saturated heterocycles. The van der Waals surface area contributed by atoms with Gasteiger partial charge in [0.15, 0.2) is 12.4 Å². The van der Waals surface area contributed by atoms with Crippen LogP contribution in [0.25, 0.3) is 0 Å². The minimum absolute atomic E-state index is 0.315. The fraction of sp³-hybridized carbons (Fsp3) is 0.438. The predicted octanol–water partition coefficient (Wildman–Crippen LogP) is 1.25. The first-order valence-electron chi connectivity index (χ1n) is 7.89. The van der Waals surface area contributed by atoms with E-state index in [9.17, 15) is 13.0 Å². The van der Waals surface area contributed by atoms with E-state index in [2.05, 4.69) is 17.1 Å². The summed E-state index contributed by atoms with van der Waals surface area (Å²) < 4.78 is 35.7. The summed E-state index contributed by atoms with van der Waals surface area (Å²) >= 11 is 1.60. The van der Waals surface area contributed by atoms with Gasteiger partial charge in [0.05, 0.1) is 21.9 Å². The van der Waals surface area contributed by atoms with Crippen LogP contribution in [0.1, 0.15) is 29.0 Å². The highest BCUT2D eigenvalue weighted by atomic mass is 32.2. The summed E-state index contributed by atoms with van der Waals surface area (Å²) in [7, 11) is -2.16. The highest BCUT2D eigenvalue weighted by molar-refractivity contribution is 7.85. The van der Waals surface area contributed by atoms with Crippen LogP contribution in [0.3, 0.4) is 0 Å². The predicted molar refractivity (Wildman–Crippen MR) is 96.4 cm³/mol. The summed E-state index contributed by atoms with van der Waals surface area (Å²) in [5.41, 5.74) is 2.08. The molecular weight excluding hydrogens is 360 g/mol. The number of unbranched alkanes of at least 4 members (excludes halogenated alkanes) is 1. The molecule has 0 saturated carbocycles. The topological polar surface area (TPSA) is 90.7 Å². The minimum Gasteiger partial charge on any atom is -0.748 e. The van der Waals surface area contributed by atoms with E-state index in [4.69, 9.17) is 0 Å². The number of hydrogen-bond acceptors (Lipinski definition) is 6. The van der Waals surface area contributed by atoms with Crippen molar-refractivity contribution in [2.24, 2.45) is 17.3 Å². The zero-order valence-corrected chi connectivity index (χ0v) is 16.2. The van der Waals surface area contributed by atoms with Gasteiger partial charge >= 0.3 is 0 Å². The molecule has 0 aliphatic rings. The Labute approximate surface area is 151 Å².